The SMILES string of the molecule is COc1ccncc1C#CCCSC(C)=O. The molecule has 0 amide bonds. The van der Waals surface area contributed by atoms with Crippen LogP contribution >= 0.6 is 11.8 Å². The summed E-state index contributed by atoms with van der Waals surface area (Å²) in [5, 5.41) is 0.126. The molecule has 84 valence electrons. The van der Waals surface area contributed by atoms with E-state index >= 15 is 0 Å². The van der Waals surface area contributed by atoms with Crippen molar-refractivity contribution in [3.05, 3.63) is 24.0 Å². The van der Waals surface area contributed by atoms with Gasteiger partial charge < -0.3 is 4.74 Å². The summed E-state index contributed by atoms with van der Waals surface area (Å²) in [7, 11) is 1.60. The van der Waals surface area contributed by atoms with E-state index in [-0.39, 0.29) is 5.12 Å². The molecule has 1 heterocycles. The number of hydrogen-bond acceptors (Lipinski definition) is 4. The maximum atomic E-state index is 10.7. The number of rotatable bonds is 3. The van der Waals surface area contributed by atoms with Crippen LogP contribution in [0.2, 0.25) is 0 Å². The van der Waals surface area contributed by atoms with Crippen LogP contribution in [-0.4, -0.2) is 23.0 Å². The third-order valence-electron chi connectivity index (χ3n) is 1.76. The van der Waals surface area contributed by atoms with E-state index < -0.39 is 0 Å². The molecule has 0 N–H and O–H groups in total. The molecule has 0 fully saturated rings. The van der Waals surface area contributed by atoms with Gasteiger partial charge in [-0.25, -0.2) is 0 Å². The second kappa shape index (κ2) is 6.91. The first-order valence-corrected chi connectivity index (χ1v) is 5.83. The normalized spacial score (nSPS) is 9.12. The third-order valence-corrected chi connectivity index (χ3v) is 2.57. The zero-order valence-electron chi connectivity index (χ0n) is 9.32. The predicted octanol–water partition coefficient (Wildman–Crippen LogP) is 2.11. The van der Waals surface area contributed by atoms with Crippen molar-refractivity contribution < 1.29 is 9.53 Å². The first-order chi connectivity index (χ1) is 7.74. The Morgan fingerprint density at radius 2 is 2.44 bits per heavy atom. The van der Waals surface area contributed by atoms with E-state index in [2.05, 4.69) is 16.8 Å². The fourth-order valence-corrected chi connectivity index (χ4v) is 1.55. The van der Waals surface area contributed by atoms with Gasteiger partial charge >= 0.3 is 0 Å². The highest BCUT2D eigenvalue weighted by Crippen LogP contribution is 2.14. The average molecular weight is 235 g/mol. The van der Waals surface area contributed by atoms with Crippen molar-refractivity contribution in [3.63, 3.8) is 0 Å². The van der Waals surface area contributed by atoms with Crippen molar-refractivity contribution >= 4 is 16.9 Å². The summed E-state index contributed by atoms with van der Waals surface area (Å²) < 4.78 is 5.14. The van der Waals surface area contributed by atoms with Crippen LogP contribution in [0.5, 0.6) is 5.75 Å². The van der Waals surface area contributed by atoms with Crippen LogP contribution in [-0.2, 0) is 4.79 Å². The van der Waals surface area contributed by atoms with Crippen molar-refractivity contribution in [1.29, 1.82) is 0 Å². The highest BCUT2D eigenvalue weighted by molar-refractivity contribution is 8.13. The Hall–Kier alpha value is -1.47. The van der Waals surface area contributed by atoms with Gasteiger partial charge in [-0.1, -0.05) is 23.6 Å². The lowest BCUT2D eigenvalue weighted by molar-refractivity contribution is -0.109. The lowest BCUT2D eigenvalue weighted by Gasteiger charge is -2.00. The van der Waals surface area contributed by atoms with Gasteiger partial charge in [-0.05, 0) is 6.07 Å². The zero-order valence-corrected chi connectivity index (χ0v) is 10.1. The number of pyridine rings is 1. The molecule has 0 bridgehead atoms. The molecule has 0 aliphatic rings. The highest BCUT2D eigenvalue weighted by Gasteiger charge is 1.97. The summed E-state index contributed by atoms with van der Waals surface area (Å²) in [6.07, 6.45) is 4.02. The monoisotopic (exact) mass is 235 g/mol. The molecule has 4 heteroatoms. The smallest absolute Gasteiger partial charge is 0.185 e. The number of nitrogens with zero attached hydrogens (tertiary/aromatic N) is 1. The minimum atomic E-state index is 0.126. The molecular formula is C12H13NO2S. The van der Waals surface area contributed by atoms with Crippen LogP contribution in [0.3, 0.4) is 0 Å². The van der Waals surface area contributed by atoms with Gasteiger partial charge in [0.1, 0.15) is 5.75 Å². The molecule has 1 aromatic heterocycles. The molecule has 0 saturated carbocycles. The fourth-order valence-electron chi connectivity index (χ4n) is 1.06. The molecule has 1 rings (SSSR count). The second-order valence-corrected chi connectivity index (χ2v) is 4.24. The molecule has 0 saturated heterocycles. The van der Waals surface area contributed by atoms with Crippen molar-refractivity contribution in [1.82, 2.24) is 4.98 Å². The third kappa shape index (κ3) is 4.37. The Labute approximate surface area is 99.6 Å². The standard InChI is InChI=1S/C12H13NO2S/c1-10(14)16-8-4-3-5-11-9-13-7-6-12(11)15-2/h6-7,9H,4,8H2,1-2H3. The van der Waals surface area contributed by atoms with Gasteiger partial charge in [-0.2, -0.15) is 0 Å². The Morgan fingerprint density at radius 3 is 3.12 bits per heavy atom. The molecule has 0 unspecified atom stereocenters. The van der Waals surface area contributed by atoms with Gasteiger partial charge in [-0.3, -0.25) is 9.78 Å². The van der Waals surface area contributed by atoms with Crippen molar-refractivity contribution in [2.45, 2.75) is 13.3 Å². The van der Waals surface area contributed by atoms with Gasteiger partial charge in [0, 0.05) is 31.5 Å². The van der Waals surface area contributed by atoms with Crippen LogP contribution in [0.25, 0.3) is 0 Å². The van der Waals surface area contributed by atoms with Gasteiger partial charge in [0.15, 0.2) is 5.12 Å². The number of methoxy groups -OCH3 is 1. The number of thioether (sulfide) groups is 1. The van der Waals surface area contributed by atoms with E-state index in [1.165, 1.54) is 11.8 Å². The zero-order chi connectivity index (χ0) is 11.8. The lowest BCUT2D eigenvalue weighted by Crippen LogP contribution is -1.88. The Bertz CT molecular complexity index is 421. The molecule has 0 aliphatic heterocycles. The lowest BCUT2D eigenvalue weighted by atomic mass is 10.2. The number of aromatic nitrogens is 1. The first kappa shape index (κ1) is 12.6. The number of carbonyl (C=O) groups excluding carboxylic acids is 1. The van der Waals surface area contributed by atoms with E-state index in [0.29, 0.717) is 6.42 Å². The maximum absolute atomic E-state index is 10.7. The van der Waals surface area contributed by atoms with Crippen molar-refractivity contribution in [2.75, 3.05) is 12.9 Å². The van der Waals surface area contributed by atoms with E-state index in [1.807, 2.05) is 0 Å². The first-order valence-electron chi connectivity index (χ1n) is 4.84. The van der Waals surface area contributed by atoms with Crippen LogP contribution in [0.15, 0.2) is 18.5 Å². The Balaban J connectivity index is 2.52. The van der Waals surface area contributed by atoms with Crippen LogP contribution in [0.1, 0.15) is 18.9 Å². The molecular weight excluding hydrogens is 222 g/mol. The van der Waals surface area contributed by atoms with Gasteiger partial charge in [0.2, 0.25) is 0 Å². The molecule has 0 atom stereocenters. The Morgan fingerprint density at radius 1 is 1.62 bits per heavy atom. The fraction of sp³-hybridized carbons (Fsp3) is 0.333. The number of hydrogen-bond donors (Lipinski definition) is 0. The molecule has 0 spiro atoms. The highest BCUT2D eigenvalue weighted by atomic mass is 32.2. The summed E-state index contributed by atoms with van der Waals surface area (Å²) in [5.41, 5.74) is 0.776. The van der Waals surface area contributed by atoms with Gasteiger partial charge in [0.25, 0.3) is 0 Å². The van der Waals surface area contributed by atoms with Gasteiger partial charge in [0.05, 0.1) is 12.7 Å². The van der Waals surface area contributed by atoms with E-state index in [0.717, 1.165) is 17.1 Å². The molecule has 0 aliphatic carbocycles. The molecule has 1 aromatic rings. The van der Waals surface area contributed by atoms with Crippen molar-refractivity contribution in [2.24, 2.45) is 0 Å². The summed E-state index contributed by atoms with van der Waals surface area (Å²) in [4.78, 5) is 14.6. The van der Waals surface area contributed by atoms with Crippen LogP contribution < -0.4 is 4.74 Å². The van der Waals surface area contributed by atoms with Crippen molar-refractivity contribution in [3.8, 4) is 17.6 Å². The van der Waals surface area contributed by atoms with Gasteiger partial charge in [-0.15, -0.1) is 0 Å². The summed E-state index contributed by atoms with van der Waals surface area (Å²) in [5.74, 6) is 7.42. The number of carbonyl (C=O) groups is 1. The molecule has 0 radical (unpaired) electrons. The maximum Gasteiger partial charge on any atom is 0.185 e. The second-order valence-electron chi connectivity index (χ2n) is 2.97. The number of ether oxygens (including phenoxy) is 1. The summed E-state index contributed by atoms with van der Waals surface area (Å²) in [6.45, 7) is 1.56. The van der Waals surface area contributed by atoms with E-state index in [1.54, 1.807) is 32.5 Å². The largest absolute Gasteiger partial charge is 0.495 e. The minimum absolute atomic E-state index is 0.126. The topological polar surface area (TPSA) is 39.2 Å². The summed E-state index contributed by atoms with van der Waals surface area (Å²) in [6, 6.07) is 1.77. The predicted molar refractivity (Wildman–Crippen MR) is 65.4 cm³/mol. The van der Waals surface area contributed by atoms with E-state index in [4.69, 9.17) is 4.74 Å². The van der Waals surface area contributed by atoms with Crippen LogP contribution in [0, 0.1) is 11.8 Å². The average Bonchev–Trinajstić information content (AvgIpc) is 2.29. The molecule has 0 aromatic carbocycles. The van der Waals surface area contributed by atoms with Crippen LogP contribution in [0.4, 0.5) is 0 Å². The molecule has 16 heavy (non-hydrogen) atoms. The minimum Gasteiger partial charge on any atom is -0.495 e. The van der Waals surface area contributed by atoms with E-state index in [9.17, 15) is 4.79 Å². The molecule has 3 nitrogen and oxygen atoms in total. The Kier molecular flexibility index (Phi) is 5.44. The quantitative estimate of drug-likeness (QED) is 0.594. The summed E-state index contributed by atoms with van der Waals surface area (Å²) >= 11 is 1.29.